The normalized spacial score (nSPS) is 10.6. The number of pyridine rings is 1. The van der Waals surface area contributed by atoms with E-state index in [1.54, 1.807) is 23.7 Å². The quantitative estimate of drug-likeness (QED) is 0.540. The lowest BCUT2D eigenvalue weighted by molar-refractivity contribution is 0.867. The molecular formula is C19H19N3OS. The molecule has 0 aliphatic carbocycles. The summed E-state index contributed by atoms with van der Waals surface area (Å²) in [5.74, 6) is 0. The van der Waals surface area contributed by atoms with Crippen LogP contribution in [0.25, 0.3) is 21.6 Å². The summed E-state index contributed by atoms with van der Waals surface area (Å²) in [6.07, 6.45) is 3.47. The number of thiophene rings is 1. The maximum Gasteiger partial charge on any atom is 0.124 e. The van der Waals surface area contributed by atoms with Gasteiger partial charge in [0.05, 0.1) is 0 Å². The first kappa shape index (κ1) is 16.3. The van der Waals surface area contributed by atoms with Crippen LogP contribution in [0.3, 0.4) is 0 Å². The lowest BCUT2D eigenvalue weighted by Crippen LogP contribution is -2.21. The van der Waals surface area contributed by atoms with E-state index in [4.69, 9.17) is 0 Å². The number of benzene rings is 1. The molecule has 1 aromatic carbocycles. The van der Waals surface area contributed by atoms with Gasteiger partial charge >= 0.3 is 0 Å². The van der Waals surface area contributed by atoms with Gasteiger partial charge in [-0.05, 0) is 60.3 Å². The van der Waals surface area contributed by atoms with Gasteiger partial charge in [0.15, 0.2) is 0 Å². The molecule has 0 radical (unpaired) electrons. The van der Waals surface area contributed by atoms with Crippen LogP contribution >= 0.6 is 11.3 Å². The van der Waals surface area contributed by atoms with Crippen molar-refractivity contribution in [2.24, 2.45) is 5.18 Å². The molecule has 3 rings (SSSR count). The Hall–Kier alpha value is -2.53. The Labute approximate surface area is 145 Å². The van der Waals surface area contributed by atoms with Crippen LogP contribution < -0.4 is 4.90 Å². The second-order valence-electron chi connectivity index (χ2n) is 5.37. The van der Waals surface area contributed by atoms with Crippen LogP contribution in [0.4, 0.5) is 11.4 Å². The van der Waals surface area contributed by atoms with Crippen LogP contribution in [-0.2, 0) is 0 Å². The molecule has 0 aliphatic rings. The Bertz CT molecular complexity index is 812. The van der Waals surface area contributed by atoms with Gasteiger partial charge in [-0.25, -0.2) is 0 Å². The van der Waals surface area contributed by atoms with Gasteiger partial charge in [-0.3, -0.25) is 4.98 Å². The van der Waals surface area contributed by atoms with Crippen LogP contribution in [0.2, 0.25) is 0 Å². The molecule has 4 nitrogen and oxygen atoms in total. The van der Waals surface area contributed by atoms with Gasteiger partial charge in [0, 0.05) is 47.2 Å². The van der Waals surface area contributed by atoms with Crippen molar-refractivity contribution in [1.29, 1.82) is 0 Å². The van der Waals surface area contributed by atoms with E-state index in [1.807, 2.05) is 29.6 Å². The highest BCUT2D eigenvalue weighted by Gasteiger charge is 2.17. The van der Waals surface area contributed by atoms with Gasteiger partial charge in [-0.15, -0.1) is 16.2 Å². The number of aromatic nitrogens is 1. The van der Waals surface area contributed by atoms with Crippen molar-refractivity contribution in [1.82, 2.24) is 4.98 Å². The molecule has 24 heavy (non-hydrogen) atoms. The summed E-state index contributed by atoms with van der Waals surface area (Å²) in [6, 6.07) is 12.0. The maximum absolute atomic E-state index is 11.7. The minimum atomic E-state index is 0.486. The fourth-order valence-electron chi connectivity index (χ4n) is 2.86. The van der Waals surface area contributed by atoms with Crippen molar-refractivity contribution in [3.63, 3.8) is 0 Å². The van der Waals surface area contributed by atoms with Crippen molar-refractivity contribution in [3.8, 4) is 21.6 Å². The largest absolute Gasteiger partial charge is 0.372 e. The van der Waals surface area contributed by atoms with Gasteiger partial charge in [-0.1, -0.05) is 6.07 Å². The minimum absolute atomic E-state index is 0.486. The second-order valence-corrected chi connectivity index (χ2v) is 6.31. The number of nitroso groups, excluding NO2 is 1. The van der Waals surface area contributed by atoms with Crippen molar-refractivity contribution in [3.05, 3.63) is 59.1 Å². The molecule has 0 unspecified atom stereocenters. The summed E-state index contributed by atoms with van der Waals surface area (Å²) in [7, 11) is 0. The molecule has 2 heterocycles. The van der Waals surface area contributed by atoms with Crippen molar-refractivity contribution in [2.75, 3.05) is 18.0 Å². The molecule has 122 valence electrons. The first-order valence-corrected chi connectivity index (χ1v) is 8.87. The van der Waals surface area contributed by atoms with Gasteiger partial charge in [0.2, 0.25) is 0 Å². The zero-order chi connectivity index (χ0) is 16.9. The number of hydrogen-bond acceptors (Lipinski definition) is 5. The molecule has 0 saturated carbocycles. The third kappa shape index (κ3) is 3.08. The van der Waals surface area contributed by atoms with Crippen molar-refractivity contribution < 1.29 is 0 Å². The maximum atomic E-state index is 11.7. The third-order valence-corrected chi connectivity index (χ3v) is 5.00. The molecule has 0 fully saturated rings. The monoisotopic (exact) mass is 337 g/mol. The van der Waals surface area contributed by atoms with E-state index in [0.717, 1.165) is 40.3 Å². The van der Waals surface area contributed by atoms with E-state index in [0.29, 0.717) is 5.69 Å². The Balaban J connectivity index is 2.28. The van der Waals surface area contributed by atoms with E-state index >= 15 is 0 Å². The van der Waals surface area contributed by atoms with E-state index in [-0.39, 0.29) is 0 Å². The Morgan fingerprint density at radius 2 is 1.79 bits per heavy atom. The molecule has 0 N–H and O–H groups in total. The standard InChI is InChI=1S/C19H19N3OS/c1-3-22(4-2)15-12-16(14-7-9-20-10-8-14)19(21-23)17(13-15)18-6-5-11-24-18/h5-13H,3-4H2,1-2H3. The summed E-state index contributed by atoms with van der Waals surface area (Å²) in [5, 5.41) is 5.39. The molecule has 0 aliphatic heterocycles. The molecule has 0 amide bonds. The van der Waals surface area contributed by atoms with Crippen LogP contribution in [0.5, 0.6) is 0 Å². The van der Waals surface area contributed by atoms with Gasteiger partial charge in [0.1, 0.15) is 5.69 Å². The van der Waals surface area contributed by atoms with E-state index in [9.17, 15) is 4.91 Å². The van der Waals surface area contributed by atoms with Crippen LogP contribution in [0.1, 0.15) is 13.8 Å². The average molecular weight is 337 g/mol. The first-order valence-electron chi connectivity index (χ1n) is 7.99. The van der Waals surface area contributed by atoms with Crippen molar-refractivity contribution in [2.45, 2.75) is 13.8 Å². The Morgan fingerprint density at radius 1 is 1.08 bits per heavy atom. The first-order chi connectivity index (χ1) is 11.8. The van der Waals surface area contributed by atoms with Crippen LogP contribution in [0.15, 0.2) is 59.3 Å². The van der Waals surface area contributed by atoms with E-state index in [1.165, 1.54) is 0 Å². The highest BCUT2D eigenvalue weighted by molar-refractivity contribution is 7.13. The third-order valence-electron chi connectivity index (χ3n) is 4.09. The number of nitrogens with zero attached hydrogens (tertiary/aromatic N) is 3. The zero-order valence-corrected chi connectivity index (χ0v) is 14.6. The lowest BCUT2D eigenvalue weighted by atomic mass is 9.98. The second kappa shape index (κ2) is 7.36. The lowest BCUT2D eigenvalue weighted by Gasteiger charge is -2.23. The molecule has 0 atom stereocenters. The predicted octanol–water partition coefficient (Wildman–Crippen LogP) is 5.72. The van der Waals surface area contributed by atoms with Gasteiger partial charge < -0.3 is 4.90 Å². The van der Waals surface area contributed by atoms with E-state index in [2.05, 4.69) is 41.0 Å². The molecule has 2 aromatic heterocycles. The smallest absolute Gasteiger partial charge is 0.124 e. The van der Waals surface area contributed by atoms with Gasteiger partial charge in [0.25, 0.3) is 0 Å². The van der Waals surface area contributed by atoms with Crippen molar-refractivity contribution >= 4 is 22.7 Å². The predicted molar refractivity (Wildman–Crippen MR) is 102 cm³/mol. The Kier molecular flexibility index (Phi) is 5.01. The highest BCUT2D eigenvalue weighted by atomic mass is 32.1. The molecule has 5 heteroatoms. The SMILES string of the molecule is CCN(CC)c1cc(-c2ccncc2)c(N=O)c(-c2cccs2)c1. The fourth-order valence-corrected chi connectivity index (χ4v) is 3.60. The van der Waals surface area contributed by atoms with Crippen LogP contribution in [-0.4, -0.2) is 18.1 Å². The van der Waals surface area contributed by atoms with Gasteiger partial charge in [-0.2, -0.15) is 0 Å². The molecule has 0 spiro atoms. The summed E-state index contributed by atoms with van der Waals surface area (Å²) >= 11 is 1.62. The zero-order valence-electron chi connectivity index (χ0n) is 13.8. The fraction of sp³-hybridized carbons (Fsp3) is 0.211. The molecule has 0 saturated heterocycles. The molecule has 0 bridgehead atoms. The molecular weight excluding hydrogens is 318 g/mol. The number of anilines is 1. The summed E-state index contributed by atoms with van der Waals surface area (Å²) in [6.45, 7) is 6.08. The summed E-state index contributed by atoms with van der Waals surface area (Å²) in [4.78, 5) is 19.1. The molecule has 3 aromatic rings. The highest BCUT2D eigenvalue weighted by Crippen LogP contribution is 2.43. The summed E-state index contributed by atoms with van der Waals surface area (Å²) in [5.41, 5.74) is 4.27. The number of hydrogen-bond donors (Lipinski definition) is 0. The number of rotatable bonds is 6. The van der Waals surface area contributed by atoms with Crippen LogP contribution in [0, 0.1) is 4.91 Å². The topological polar surface area (TPSA) is 45.6 Å². The Morgan fingerprint density at radius 3 is 2.38 bits per heavy atom. The average Bonchev–Trinajstić information content (AvgIpc) is 3.17. The van der Waals surface area contributed by atoms with E-state index < -0.39 is 0 Å². The minimum Gasteiger partial charge on any atom is -0.372 e. The summed E-state index contributed by atoms with van der Waals surface area (Å²) < 4.78 is 0.